The third-order valence-corrected chi connectivity index (χ3v) is 3.83. The number of sulfone groups is 1. The molecule has 0 atom stereocenters. The second-order valence-corrected chi connectivity index (χ2v) is 5.88. The van der Waals surface area contributed by atoms with Crippen molar-refractivity contribution in [3.05, 3.63) is 28.8 Å². The number of rotatable bonds is 3. The molecule has 0 bridgehead atoms. The first kappa shape index (κ1) is 13.7. The number of ether oxygens (including phenoxy) is 1. The van der Waals surface area contributed by atoms with Crippen LogP contribution in [-0.4, -0.2) is 27.8 Å². The number of benzene rings is 1. The summed E-state index contributed by atoms with van der Waals surface area (Å²) < 4.78 is 27.8. The predicted molar refractivity (Wildman–Crippen MR) is 65.0 cm³/mol. The van der Waals surface area contributed by atoms with Crippen LogP contribution in [-0.2, 0) is 21.0 Å². The summed E-state index contributed by atoms with van der Waals surface area (Å²) in [4.78, 5) is 11.7. The molecule has 0 aliphatic rings. The van der Waals surface area contributed by atoms with Crippen LogP contribution in [0.3, 0.4) is 0 Å². The number of carbonyl (C=O) groups is 1. The lowest BCUT2D eigenvalue weighted by molar-refractivity contribution is 0.0599. The highest BCUT2D eigenvalue weighted by atomic mass is 32.2. The van der Waals surface area contributed by atoms with Crippen LogP contribution in [0.1, 0.15) is 28.4 Å². The Kier molecular flexibility index (Phi) is 3.93. The second-order valence-electron chi connectivity index (χ2n) is 3.89. The van der Waals surface area contributed by atoms with Gasteiger partial charge in [-0.2, -0.15) is 0 Å². The summed E-state index contributed by atoms with van der Waals surface area (Å²) in [5.41, 5.74) is 1.76. The van der Waals surface area contributed by atoms with Gasteiger partial charge in [0.15, 0.2) is 9.84 Å². The maximum atomic E-state index is 11.6. The van der Waals surface area contributed by atoms with Gasteiger partial charge < -0.3 is 4.74 Å². The minimum Gasteiger partial charge on any atom is -0.465 e. The van der Waals surface area contributed by atoms with E-state index in [0.29, 0.717) is 17.5 Å². The van der Waals surface area contributed by atoms with E-state index in [-0.39, 0.29) is 4.90 Å². The fraction of sp³-hybridized carbons (Fsp3) is 0.417. The molecule has 0 N–H and O–H groups in total. The smallest absolute Gasteiger partial charge is 0.338 e. The van der Waals surface area contributed by atoms with E-state index >= 15 is 0 Å². The van der Waals surface area contributed by atoms with Crippen LogP contribution in [0.25, 0.3) is 0 Å². The van der Waals surface area contributed by atoms with Crippen molar-refractivity contribution in [3.8, 4) is 0 Å². The molecule has 0 radical (unpaired) electrons. The van der Waals surface area contributed by atoms with Gasteiger partial charge in [-0.3, -0.25) is 0 Å². The molecular weight excluding hydrogens is 240 g/mol. The summed E-state index contributed by atoms with van der Waals surface area (Å²) in [6, 6.07) is 3.12. The summed E-state index contributed by atoms with van der Waals surface area (Å²) >= 11 is 0. The third-order valence-electron chi connectivity index (χ3n) is 2.59. The van der Waals surface area contributed by atoms with Crippen molar-refractivity contribution in [1.82, 2.24) is 0 Å². The van der Waals surface area contributed by atoms with Gasteiger partial charge in [0.05, 0.1) is 17.6 Å². The first-order valence-corrected chi connectivity index (χ1v) is 7.12. The van der Waals surface area contributed by atoms with E-state index in [1.54, 1.807) is 13.0 Å². The molecule has 17 heavy (non-hydrogen) atoms. The molecule has 0 heterocycles. The van der Waals surface area contributed by atoms with Crippen molar-refractivity contribution in [2.75, 3.05) is 13.4 Å². The van der Waals surface area contributed by atoms with E-state index in [2.05, 4.69) is 4.74 Å². The van der Waals surface area contributed by atoms with Gasteiger partial charge in [-0.15, -0.1) is 0 Å². The first-order chi connectivity index (χ1) is 7.81. The molecule has 1 rings (SSSR count). The Bertz CT molecular complexity index is 544. The van der Waals surface area contributed by atoms with Crippen LogP contribution in [0, 0.1) is 6.92 Å². The van der Waals surface area contributed by atoms with Crippen LogP contribution in [0.5, 0.6) is 0 Å². The van der Waals surface area contributed by atoms with Gasteiger partial charge >= 0.3 is 5.97 Å². The number of hydrogen-bond donors (Lipinski definition) is 0. The van der Waals surface area contributed by atoms with E-state index in [9.17, 15) is 13.2 Å². The summed E-state index contributed by atoms with van der Waals surface area (Å²) in [5.74, 6) is -0.508. The van der Waals surface area contributed by atoms with Crippen molar-refractivity contribution in [3.63, 3.8) is 0 Å². The molecule has 0 aliphatic heterocycles. The second kappa shape index (κ2) is 4.87. The Morgan fingerprint density at radius 2 is 1.94 bits per heavy atom. The standard InChI is InChI=1S/C12H16O4S/c1-5-9-6-8(2)11(17(4,14)15)7-10(9)12(13)16-3/h6-7H,5H2,1-4H3. The zero-order valence-electron chi connectivity index (χ0n) is 10.4. The molecule has 0 aromatic heterocycles. The number of esters is 1. The predicted octanol–water partition coefficient (Wildman–Crippen LogP) is 1.75. The molecule has 0 saturated heterocycles. The quantitative estimate of drug-likeness (QED) is 0.773. The molecule has 1 aromatic carbocycles. The minimum atomic E-state index is -3.33. The van der Waals surface area contributed by atoms with Crippen molar-refractivity contribution in [2.45, 2.75) is 25.2 Å². The summed E-state index contributed by atoms with van der Waals surface area (Å²) in [6.45, 7) is 3.62. The molecular formula is C12H16O4S. The Hall–Kier alpha value is -1.36. The molecule has 0 unspecified atom stereocenters. The van der Waals surface area contributed by atoms with Gasteiger partial charge in [0, 0.05) is 6.26 Å². The summed E-state index contributed by atoms with van der Waals surface area (Å²) in [5, 5.41) is 0. The Morgan fingerprint density at radius 3 is 2.35 bits per heavy atom. The van der Waals surface area contributed by atoms with Crippen LogP contribution < -0.4 is 0 Å². The van der Waals surface area contributed by atoms with Gasteiger partial charge in [-0.25, -0.2) is 13.2 Å². The average Bonchev–Trinajstić information content (AvgIpc) is 2.25. The maximum Gasteiger partial charge on any atom is 0.338 e. The normalized spacial score (nSPS) is 11.3. The van der Waals surface area contributed by atoms with Crippen LogP contribution >= 0.6 is 0 Å². The highest BCUT2D eigenvalue weighted by Gasteiger charge is 2.18. The fourth-order valence-corrected chi connectivity index (χ4v) is 2.72. The van der Waals surface area contributed by atoms with E-state index in [0.717, 1.165) is 11.8 Å². The summed E-state index contributed by atoms with van der Waals surface area (Å²) in [6.07, 6.45) is 1.78. The first-order valence-electron chi connectivity index (χ1n) is 5.23. The van der Waals surface area contributed by atoms with Crippen LogP contribution in [0.4, 0.5) is 0 Å². The topological polar surface area (TPSA) is 60.4 Å². The van der Waals surface area contributed by atoms with Gasteiger partial charge in [-0.05, 0) is 30.5 Å². The molecule has 5 heteroatoms. The number of hydrogen-bond acceptors (Lipinski definition) is 4. The molecule has 4 nitrogen and oxygen atoms in total. The molecule has 0 aliphatic carbocycles. The SMILES string of the molecule is CCc1cc(C)c(S(C)(=O)=O)cc1C(=O)OC. The zero-order valence-corrected chi connectivity index (χ0v) is 11.2. The Labute approximate surface area is 102 Å². The lowest BCUT2D eigenvalue weighted by atomic mass is 10.0. The molecule has 0 amide bonds. The molecule has 94 valence electrons. The monoisotopic (exact) mass is 256 g/mol. The lowest BCUT2D eigenvalue weighted by Gasteiger charge is -2.11. The van der Waals surface area contributed by atoms with Gasteiger partial charge in [0.2, 0.25) is 0 Å². The molecule has 1 aromatic rings. The lowest BCUT2D eigenvalue weighted by Crippen LogP contribution is -2.09. The molecule has 0 saturated carbocycles. The van der Waals surface area contributed by atoms with E-state index < -0.39 is 15.8 Å². The van der Waals surface area contributed by atoms with Gasteiger partial charge in [-0.1, -0.05) is 13.0 Å². The van der Waals surface area contributed by atoms with Crippen LogP contribution in [0.15, 0.2) is 17.0 Å². The van der Waals surface area contributed by atoms with Gasteiger partial charge in [0.25, 0.3) is 0 Å². The largest absolute Gasteiger partial charge is 0.465 e. The number of methoxy groups -OCH3 is 1. The summed E-state index contributed by atoms with van der Waals surface area (Å²) in [7, 11) is -2.05. The zero-order chi connectivity index (χ0) is 13.2. The third kappa shape index (κ3) is 2.85. The van der Waals surface area contributed by atoms with Crippen molar-refractivity contribution in [1.29, 1.82) is 0 Å². The van der Waals surface area contributed by atoms with E-state index in [4.69, 9.17) is 0 Å². The van der Waals surface area contributed by atoms with E-state index in [1.807, 2.05) is 6.92 Å². The van der Waals surface area contributed by atoms with Gasteiger partial charge in [0.1, 0.15) is 0 Å². The fourth-order valence-electron chi connectivity index (χ4n) is 1.74. The average molecular weight is 256 g/mol. The molecule has 0 spiro atoms. The van der Waals surface area contributed by atoms with Crippen molar-refractivity contribution < 1.29 is 17.9 Å². The number of carbonyl (C=O) groups excluding carboxylic acids is 1. The van der Waals surface area contributed by atoms with Crippen LogP contribution in [0.2, 0.25) is 0 Å². The molecule has 0 fully saturated rings. The maximum absolute atomic E-state index is 11.6. The van der Waals surface area contributed by atoms with Crippen molar-refractivity contribution in [2.24, 2.45) is 0 Å². The highest BCUT2D eigenvalue weighted by Crippen LogP contribution is 2.22. The van der Waals surface area contributed by atoms with Crippen molar-refractivity contribution >= 4 is 15.8 Å². The highest BCUT2D eigenvalue weighted by molar-refractivity contribution is 7.90. The Morgan fingerprint density at radius 1 is 1.35 bits per heavy atom. The number of aryl methyl sites for hydroxylation is 2. The Balaban J connectivity index is 3.54. The van der Waals surface area contributed by atoms with E-state index in [1.165, 1.54) is 13.2 Å². The minimum absolute atomic E-state index is 0.176.